The molecule has 3 nitrogen and oxygen atoms in total. The van der Waals surface area contributed by atoms with Crippen LogP contribution in [0.15, 0.2) is 0 Å². The van der Waals surface area contributed by atoms with Gasteiger partial charge in [-0.2, -0.15) is 0 Å². The van der Waals surface area contributed by atoms with Crippen molar-refractivity contribution in [1.82, 2.24) is 0 Å². The average molecular weight is 199 g/mol. The summed E-state index contributed by atoms with van der Waals surface area (Å²) < 4.78 is 11.0. The molecule has 3 heteroatoms. The number of hydrogen-bond acceptors (Lipinski definition) is 3. The van der Waals surface area contributed by atoms with Gasteiger partial charge in [0.15, 0.2) is 0 Å². The predicted octanol–water partition coefficient (Wildman–Crippen LogP) is 1.31. The number of nitrogens with two attached hydrogens (primary N) is 1. The molecule has 0 aromatic carbocycles. The van der Waals surface area contributed by atoms with Gasteiger partial charge in [-0.1, -0.05) is 0 Å². The van der Waals surface area contributed by atoms with Gasteiger partial charge in [0.05, 0.1) is 12.7 Å². The molecule has 14 heavy (non-hydrogen) atoms. The lowest BCUT2D eigenvalue weighted by atomic mass is 9.90. The van der Waals surface area contributed by atoms with Gasteiger partial charge in [-0.05, 0) is 38.0 Å². The van der Waals surface area contributed by atoms with Gasteiger partial charge in [0.1, 0.15) is 0 Å². The standard InChI is InChI=1S/C11H21NO2/c12-11-5-7-13-8-9(11)3-4-10-2-1-6-14-10/h9-11H,1-8,12H2. The van der Waals surface area contributed by atoms with Crippen molar-refractivity contribution in [3.63, 3.8) is 0 Å². The van der Waals surface area contributed by atoms with Crippen LogP contribution < -0.4 is 5.73 Å². The minimum Gasteiger partial charge on any atom is -0.381 e. The second-order valence-corrected chi connectivity index (χ2v) is 4.50. The molecule has 0 aromatic heterocycles. The molecule has 2 heterocycles. The summed E-state index contributed by atoms with van der Waals surface area (Å²) in [5.74, 6) is 0.563. The average Bonchev–Trinajstić information content (AvgIpc) is 2.69. The van der Waals surface area contributed by atoms with Gasteiger partial charge in [0.25, 0.3) is 0 Å². The second kappa shape index (κ2) is 5.10. The van der Waals surface area contributed by atoms with Gasteiger partial charge < -0.3 is 15.2 Å². The fourth-order valence-electron chi connectivity index (χ4n) is 2.38. The molecular weight excluding hydrogens is 178 g/mol. The Bertz CT molecular complexity index is 169. The van der Waals surface area contributed by atoms with E-state index in [4.69, 9.17) is 15.2 Å². The fraction of sp³-hybridized carbons (Fsp3) is 1.00. The van der Waals surface area contributed by atoms with Crippen LogP contribution in [0.4, 0.5) is 0 Å². The SMILES string of the molecule is NC1CCOCC1CCC1CCCO1. The molecule has 0 saturated carbocycles. The van der Waals surface area contributed by atoms with E-state index < -0.39 is 0 Å². The zero-order valence-corrected chi connectivity index (χ0v) is 8.78. The Kier molecular flexibility index (Phi) is 3.79. The summed E-state index contributed by atoms with van der Waals surface area (Å²) in [7, 11) is 0. The Morgan fingerprint density at radius 2 is 2.07 bits per heavy atom. The van der Waals surface area contributed by atoms with Gasteiger partial charge in [0, 0.05) is 19.3 Å². The number of ether oxygens (including phenoxy) is 2. The molecule has 2 aliphatic heterocycles. The van der Waals surface area contributed by atoms with Crippen LogP contribution in [0, 0.1) is 5.92 Å². The summed E-state index contributed by atoms with van der Waals surface area (Å²) in [6, 6.07) is 0.352. The van der Waals surface area contributed by atoms with Crippen LogP contribution in [0.3, 0.4) is 0 Å². The zero-order valence-electron chi connectivity index (χ0n) is 8.78. The first-order valence-corrected chi connectivity index (χ1v) is 5.81. The third-order valence-corrected chi connectivity index (χ3v) is 3.42. The largest absolute Gasteiger partial charge is 0.381 e. The molecule has 0 amide bonds. The Morgan fingerprint density at radius 1 is 1.14 bits per heavy atom. The monoisotopic (exact) mass is 199 g/mol. The lowest BCUT2D eigenvalue weighted by molar-refractivity contribution is 0.0285. The van der Waals surface area contributed by atoms with E-state index >= 15 is 0 Å². The van der Waals surface area contributed by atoms with Gasteiger partial charge in [-0.25, -0.2) is 0 Å². The van der Waals surface area contributed by atoms with Crippen LogP contribution in [0.2, 0.25) is 0 Å². The van der Waals surface area contributed by atoms with E-state index in [1.807, 2.05) is 0 Å². The van der Waals surface area contributed by atoms with E-state index in [-0.39, 0.29) is 0 Å². The smallest absolute Gasteiger partial charge is 0.0576 e. The summed E-state index contributed by atoms with van der Waals surface area (Å²) in [4.78, 5) is 0. The number of hydrogen-bond donors (Lipinski definition) is 1. The van der Waals surface area contributed by atoms with Crippen LogP contribution in [-0.4, -0.2) is 32.0 Å². The van der Waals surface area contributed by atoms with Gasteiger partial charge in [-0.3, -0.25) is 0 Å². The van der Waals surface area contributed by atoms with Crippen molar-refractivity contribution in [2.75, 3.05) is 19.8 Å². The van der Waals surface area contributed by atoms with Crippen molar-refractivity contribution in [3.05, 3.63) is 0 Å². The first kappa shape index (κ1) is 10.4. The Labute approximate surface area is 85.9 Å². The highest BCUT2D eigenvalue weighted by Gasteiger charge is 2.24. The normalized spacial score (nSPS) is 38.8. The number of rotatable bonds is 3. The third kappa shape index (κ3) is 2.69. The quantitative estimate of drug-likeness (QED) is 0.745. The molecule has 0 aromatic rings. The summed E-state index contributed by atoms with van der Waals surface area (Å²) in [6.45, 7) is 2.66. The van der Waals surface area contributed by atoms with Crippen molar-refractivity contribution < 1.29 is 9.47 Å². The molecule has 3 atom stereocenters. The Hall–Kier alpha value is -0.120. The lowest BCUT2D eigenvalue weighted by Crippen LogP contribution is -2.38. The van der Waals surface area contributed by atoms with Gasteiger partial charge in [-0.15, -0.1) is 0 Å². The maximum atomic E-state index is 6.04. The molecule has 3 unspecified atom stereocenters. The fourth-order valence-corrected chi connectivity index (χ4v) is 2.38. The van der Waals surface area contributed by atoms with E-state index in [1.54, 1.807) is 0 Å². The van der Waals surface area contributed by atoms with Crippen molar-refractivity contribution in [2.24, 2.45) is 11.7 Å². The van der Waals surface area contributed by atoms with E-state index in [2.05, 4.69) is 0 Å². The maximum Gasteiger partial charge on any atom is 0.0576 e. The van der Waals surface area contributed by atoms with Crippen LogP contribution >= 0.6 is 0 Å². The zero-order chi connectivity index (χ0) is 9.80. The Morgan fingerprint density at radius 3 is 2.79 bits per heavy atom. The van der Waals surface area contributed by atoms with E-state index in [0.29, 0.717) is 18.1 Å². The van der Waals surface area contributed by atoms with E-state index in [9.17, 15) is 0 Å². The molecular formula is C11H21NO2. The van der Waals surface area contributed by atoms with Crippen molar-refractivity contribution >= 4 is 0 Å². The molecule has 2 rings (SSSR count). The van der Waals surface area contributed by atoms with Crippen LogP contribution in [0.5, 0.6) is 0 Å². The van der Waals surface area contributed by atoms with Crippen molar-refractivity contribution in [2.45, 2.75) is 44.2 Å². The first-order valence-electron chi connectivity index (χ1n) is 5.81. The molecule has 2 saturated heterocycles. The molecule has 0 bridgehead atoms. The molecule has 2 fully saturated rings. The van der Waals surface area contributed by atoms with E-state index in [0.717, 1.165) is 26.2 Å². The minimum absolute atomic E-state index is 0.352. The summed E-state index contributed by atoms with van der Waals surface area (Å²) in [6.07, 6.45) is 6.34. The summed E-state index contributed by atoms with van der Waals surface area (Å²) in [5.41, 5.74) is 6.04. The summed E-state index contributed by atoms with van der Waals surface area (Å²) >= 11 is 0. The molecule has 2 N–H and O–H groups in total. The van der Waals surface area contributed by atoms with Crippen LogP contribution in [-0.2, 0) is 9.47 Å². The summed E-state index contributed by atoms with van der Waals surface area (Å²) in [5, 5.41) is 0. The molecule has 0 spiro atoms. The van der Waals surface area contributed by atoms with E-state index in [1.165, 1.54) is 25.7 Å². The van der Waals surface area contributed by atoms with Gasteiger partial charge in [0.2, 0.25) is 0 Å². The van der Waals surface area contributed by atoms with Crippen molar-refractivity contribution in [1.29, 1.82) is 0 Å². The highest BCUT2D eigenvalue weighted by Crippen LogP contribution is 2.23. The molecule has 0 radical (unpaired) electrons. The molecule has 0 aliphatic carbocycles. The third-order valence-electron chi connectivity index (χ3n) is 3.42. The molecule has 2 aliphatic rings. The first-order chi connectivity index (χ1) is 6.86. The highest BCUT2D eigenvalue weighted by atomic mass is 16.5. The second-order valence-electron chi connectivity index (χ2n) is 4.50. The Balaban J connectivity index is 1.67. The maximum absolute atomic E-state index is 6.04. The predicted molar refractivity (Wildman–Crippen MR) is 55.1 cm³/mol. The van der Waals surface area contributed by atoms with Crippen LogP contribution in [0.25, 0.3) is 0 Å². The highest BCUT2D eigenvalue weighted by molar-refractivity contribution is 4.78. The van der Waals surface area contributed by atoms with Crippen molar-refractivity contribution in [3.8, 4) is 0 Å². The van der Waals surface area contributed by atoms with Crippen LogP contribution in [0.1, 0.15) is 32.1 Å². The molecule has 82 valence electrons. The topological polar surface area (TPSA) is 44.5 Å². The minimum atomic E-state index is 0.352. The lowest BCUT2D eigenvalue weighted by Gasteiger charge is -2.29. The van der Waals surface area contributed by atoms with Gasteiger partial charge >= 0.3 is 0 Å².